The summed E-state index contributed by atoms with van der Waals surface area (Å²) in [5.41, 5.74) is 5.14. The first kappa shape index (κ1) is 18.2. The molecule has 0 fully saturated rings. The second kappa shape index (κ2) is 9.18. The SMILES string of the molecule is CCCCCCC[C@H](C(=O)OCC)[C@H](N)C(F)(F)F. The van der Waals surface area contributed by atoms with Crippen molar-refractivity contribution in [3.63, 3.8) is 0 Å². The van der Waals surface area contributed by atoms with Crippen molar-refractivity contribution in [3.05, 3.63) is 0 Å². The molecule has 2 atom stereocenters. The molecular formula is C13H24F3NO2. The Kier molecular flexibility index (Phi) is 8.80. The van der Waals surface area contributed by atoms with E-state index >= 15 is 0 Å². The lowest BCUT2D eigenvalue weighted by Gasteiger charge is -2.24. The molecule has 0 aliphatic carbocycles. The molecule has 0 aromatic carbocycles. The van der Waals surface area contributed by atoms with E-state index in [2.05, 4.69) is 11.7 Å². The van der Waals surface area contributed by atoms with E-state index in [1.54, 1.807) is 6.92 Å². The standard InChI is InChI=1S/C13H24F3NO2/c1-3-5-6-7-8-9-10(12(18)19-4-2)11(17)13(14,15)16/h10-11H,3-9,17H2,1-2H3/t10-,11-/m0/s1. The van der Waals surface area contributed by atoms with Crippen molar-refractivity contribution in [1.29, 1.82) is 0 Å². The molecule has 0 amide bonds. The Balaban J connectivity index is 4.39. The van der Waals surface area contributed by atoms with Crippen LogP contribution in [-0.2, 0) is 9.53 Å². The molecule has 0 aromatic heterocycles. The molecule has 0 aromatic rings. The van der Waals surface area contributed by atoms with Crippen LogP contribution < -0.4 is 5.73 Å². The molecule has 0 bridgehead atoms. The quantitative estimate of drug-likeness (QED) is 0.521. The van der Waals surface area contributed by atoms with E-state index in [0.29, 0.717) is 6.42 Å². The van der Waals surface area contributed by atoms with Gasteiger partial charge in [-0.3, -0.25) is 4.79 Å². The van der Waals surface area contributed by atoms with E-state index in [1.807, 2.05) is 0 Å². The molecule has 0 spiro atoms. The van der Waals surface area contributed by atoms with E-state index in [-0.39, 0.29) is 13.0 Å². The number of carbonyl (C=O) groups excluding carboxylic acids is 1. The first-order valence-corrected chi connectivity index (χ1v) is 6.83. The largest absolute Gasteiger partial charge is 0.466 e. The normalized spacial score (nSPS) is 15.1. The molecule has 0 aliphatic rings. The maximum Gasteiger partial charge on any atom is 0.404 e. The van der Waals surface area contributed by atoms with Gasteiger partial charge in [-0.25, -0.2) is 0 Å². The molecule has 2 N–H and O–H groups in total. The Labute approximate surface area is 112 Å². The number of carbonyl (C=O) groups is 1. The average molecular weight is 283 g/mol. The minimum Gasteiger partial charge on any atom is -0.466 e. The number of alkyl halides is 3. The van der Waals surface area contributed by atoms with Gasteiger partial charge < -0.3 is 10.5 Å². The number of unbranched alkanes of at least 4 members (excludes halogenated alkanes) is 4. The Morgan fingerprint density at radius 2 is 1.74 bits per heavy atom. The third-order valence-corrected chi connectivity index (χ3v) is 3.02. The summed E-state index contributed by atoms with van der Waals surface area (Å²) in [6, 6.07) is -2.14. The van der Waals surface area contributed by atoms with Crippen LogP contribution in [-0.4, -0.2) is 24.8 Å². The van der Waals surface area contributed by atoms with Crippen molar-refractivity contribution in [2.75, 3.05) is 6.61 Å². The van der Waals surface area contributed by atoms with Crippen LogP contribution in [0.25, 0.3) is 0 Å². The molecule has 6 heteroatoms. The Morgan fingerprint density at radius 1 is 1.16 bits per heavy atom. The molecule has 0 aliphatic heterocycles. The van der Waals surface area contributed by atoms with Crippen LogP contribution in [0.4, 0.5) is 13.2 Å². The van der Waals surface area contributed by atoms with Gasteiger partial charge in [-0.05, 0) is 13.3 Å². The molecule has 0 saturated heterocycles. The summed E-state index contributed by atoms with van der Waals surface area (Å²) < 4.78 is 42.5. The molecule has 0 saturated carbocycles. The van der Waals surface area contributed by atoms with E-state index in [4.69, 9.17) is 5.73 Å². The van der Waals surface area contributed by atoms with Crippen LogP contribution in [0.15, 0.2) is 0 Å². The molecule has 0 rings (SSSR count). The number of hydrogen-bond acceptors (Lipinski definition) is 3. The fraction of sp³-hybridized carbons (Fsp3) is 0.923. The number of rotatable bonds is 9. The predicted molar refractivity (Wildman–Crippen MR) is 67.5 cm³/mol. The van der Waals surface area contributed by atoms with Crippen molar-refractivity contribution in [2.45, 2.75) is 64.6 Å². The second-order valence-electron chi connectivity index (χ2n) is 4.63. The lowest BCUT2D eigenvalue weighted by atomic mass is 9.93. The highest BCUT2D eigenvalue weighted by Crippen LogP contribution is 2.28. The minimum absolute atomic E-state index is 0.0652. The molecule has 114 valence electrons. The third kappa shape index (κ3) is 7.40. The summed E-state index contributed by atoms with van der Waals surface area (Å²) in [6.45, 7) is 3.69. The maximum absolute atomic E-state index is 12.6. The predicted octanol–water partition coefficient (Wildman–Crippen LogP) is 3.42. The van der Waals surface area contributed by atoms with Gasteiger partial charge in [0.2, 0.25) is 0 Å². The number of ether oxygens (including phenoxy) is 1. The van der Waals surface area contributed by atoms with Gasteiger partial charge in [-0.1, -0.05) is 39.0 Å². The lowest BCUT2D eigenvalue weighted by molar-refractivity contribution is -0.176. The van der Waals surface area contributed by atoms with Crippen molar-refractivity contribution in [1.82, 2.24) is 0 Å². The van der Waals surface area contributed by atoms with Crippen LogP contribution in [0.1, 0.15) is 52.4 Å². The summed E-state index contributed by atoms with van der Waals surface area (Å²) in [5.74, 6) is -2.13. The average Bonchev–Trinajstić information content (AvgIpc) is 2.32. The summed E-state index contributed by atoms with van der Waals surface area (Å²) in [5, 5.41) is 0. The van der Waals surface area contributed by atoms with Crippen molar-refractivity contribution in [3.8, 4) is 0 Å². The topological polar surface area (TPSA) is 52.3 Å². The van der Waals surface area contributed by atoms with Gasteiger partial charge >= 0.3 is 12.1 Å². The fourth-order valence-electron chi connectivity index (χ4n) is 1.89. The van der Waals surface area contributed by atoms with Crippen LogP contribution in [0.5, 0.6) is 0 Å². The van der Waals surface area contributed by atoms with Gasteiger partial charge in [0.1, 0.15) is 6.04 Å². The molecule has 3 nitrogen and oxygen atoms in total. The van der Waals surface area contributed by atoms with Crippen LogP contribution in [0.2, 0.25) is 0 Å². The van der Waals surface area contributed by atoms with E-state index < -0.39 is 24.1 Å². The highest BCUT2D eigenvalue weighted by Gasteiger charge is 2.45. The number of halogens is 3. The molecule has 0 radical (unpaired) electrons. The number of esters is 1. The van der Waals surface area contributed by atoms with Crippen molar-refractivity contribution >= 4 is 5.97 Å². The molecule has 0 unspecified atom stereocenters. The first-order chi connectivity index (χ1) is 8.84. The monoisotopic (exact) mass is 283 g/mol. The molecule has 0 heterocycles. The summed E-state index contributed by atoms with van der Waals surface area (Å²) >= 11 is 0. The summed E-state index contributed by atoms with van der Waals surface area (Å²) in [4.78, 5) is 11.5. The maximum atomic E-state index is 12.6. The van der Waals surface area contributed by atoms with E-state index in [0.717, 1.165) is 25.7 Å². The zero-order chi connectivity index (χ0) is 14.9. The highest BCUT2D eigenvalue weighted by atomic mass is 19.4. The van der Waals surface area contributed by atoms with Gasteiger partial charge in [-0.15, -0.1) is 0 Å². The molecule has 19 heavy (non-hydrogen) atoms. The Hall–Kier alpha value is -0.780. The zero-order valence-corrected chi connectivity index (χ0v) is 11.6. The van der Waals surface area contributed by atoms with Crippen LogP contribution in [0, 0.1) is 5.92 Å². The smallest absolute Gasteiger partial charge is 0.404 e. The summed E-state index contributed by atoms with van der Waals surface area (Å²) in [7, 11) is 0. The highest BCUT2D eigenvalue weighted by molar-refractivity contribution is 5.73. The zero-order valence-electron chi connectivity index (χ0n) is 11.6. The Morgan fingerprint density at radius 3 is 2.21 bits per heavy atom. The van der Waals surface area contributed by atoms with Gasteiger partial charge in [0.05, 0.1) is 12.5 Å². The van der Waals surface area contributed by atoms with E-state index in [9.17, 15) is 18.0 Å². The first-order valence-electron chi connectivity index (χ1n) is 6.83. The summed E-state index contributed by atoms with van der Waals surface area (Å²) in [6.07, 6.45) is 0.0116. The third-order valence-electron chi connectivity index (χ3n) is 3.02. The van der Waals surface area contributed by atoms with Gasteiger partial charge in [0.25, 0.3) is 0 Å². The van der Waals surface area contributed by atoms with Crippen LogP contribution in [0.3, 0.4) is 0 Å². The molecular weight excluding hydrogens is 259 g/mol. The van der Waals surface area contributed by atoms with Gasteiger partial charge in [-0.2, -0.15) is 13.2 Å². The van der Waals surface area contributed by atoms with Crippen LogP contribution >= 0.6 is 0 Å². The van der Waals surface area contributed by atoms with Gasteiger partial charge in [0.15, 0.2) is 0 Å². The minimum atomic E-state index is -4.57. The van der Waals surface area contributed by atoms with Crippen molar-refractivity contribution < 1.29 is 22.7 Å². The second-order valence-corrected chi connectivity index (χ2v) is 4.63. The number of nitrogens with two attached hydrogens (primary N) is 1. The van der Waals surface area contributed by atoms with Gasteiger partial charge in [0, 0.05) is 0 Å². The Bertz CT molecular complexity index is 257. The fourth-order valence-corrected chi connectivity index (χ4v) is 1.89. The lowest BCUT2D eigenvalue weighted by Crippen LogP contribution is -2.47. The number of hydrogen-bond donors (Lipinski definition) is 1. The van der Waals surface area contributed by atoms with E-state index in [1.165, 1.54) is 0 Å². The van der Waals surface area contributed by atoms with Crippen molar-refractivity contribution in [2.24, 2.45) is 11.7 Å².